The lowest BCUT2D eigenvalue weighted by molar-refractivity contribution is -0.383. The lowest BCUT2D eigenvalue weighted by atomic mass is 10.1. The van der Waals surface area contributed by atoms with Crippen molar-refractivity contribution in [3.63, 3.8) is 0 Å². The minimum atomic E-state index is -0.456. The van der Waals surface area contributed by atoms with Gasteiger partial charge in [0.25, 0.3) is 5.69 Å². The molecule has 1 fully saturated rings. The first kappa shape index (κ1) is 17.4. The molecule has 2 aliphatic carbocycles. The van der Waals surface area contributed by atoms with Crippen LogP contribution in [0.1, 0.15) is 38.5 Å². The first-order valence-electron chi connectivity index (χ1n) is 9.03. The van der Waals surface area contributed by atoms with Crippen LogP contribution < -0.4 is 5.32 Å². The molecule has 25 heavy (non-hydrogen) atoms. The molecule has 132 valence electrons. The lowest BCUT2D eigenvalue weighted by Crippen LogP contribution is -2.16. The fourth-order valence-electron chi connectivity index (χ4n) is 3.82. The van der Waals surface area contributed by atoms with Gasteiger partial charge < -0.3 is 5.32 Å². The second-order valence-corrected chi connectivity index (χ2v) is 6.79. The zero-order valence-electron chi connectivity index (χ0n) is 14.3. The third-order valence-corrected chi connectivity index (χ3v) is 5.16. The Hall–Kier alpha value is -2.43. The second kappa shape index (κ2) is 8.10. The number of benzene rings is 1. The number of amides is 1. The van der Waals surface area contributed by atoms with Gasteiger partial charge in [0, 0.05) is 12.0 Å². The first-order valence-corrected chi connectivity index (χ1v) is 9.03. The molecule has 0 saturated heterocycles. The normalized spacial score (nSPS) is 28.6. The number of carbonyl (C=O) groups is 1. The molecule has 1 aromatic rings. The maximum absolute atomic E-state index is 12.7. The van der Waals surface area contributed by atoms with Crippen molar-refractivity contribution < 1.29 is 9.72 Å². The van der Waals surface area contributed by atoms with Gasteiger partial charge in [-0.1, -0.05) is 36.4 Å². The van der Waals surface area contributed by atoms with Crippen molar-refractivity contribution in [2.24, 2.45) is 17.8 Å². The Balaban J connectivity index is 1.67. The van der Waals surface area contributed by atoms with Crippen LogP contribution >= 0.6 is 0 Å². The average Bonchev–Trinajstić information content (AvgIpc) is 3.27. The first-order chi connectivity index (χ1) is 12.2. The van der Waals surface area contributed by atoms with Crippen LogP contribution in [0.3, 0.4) is 0 Å². The Bertz CT molecular complexity index is 672. The predicted octanol–water partition coefficient (Wildman–Crippen LogP) is 4.86. The molecule has 0 radical (unpaired) electrons. The van der Waals surface area contributed by atoms with Crippen LogP contribution in [0.4, 0.5) is 11.4 Å². The van der Waals surface area contributed by atoms with Gasteiger partial charge >= 0.3 is 0 Å². The fraction of sp³-hybridized carbons (Fsp3) is 0.450. The molecule has 2 aliphatic rings. The van der Waals surface area contributed by atoms with Crippen LogP contribution in [0, 0.1) is 27.9 Å². The molecule has 3 rings (SSSR count). The van der Waals surface area contributed by atoms with E-state index in [1.54, 1.807) is 18.2 Å². The predicted molar refractivity (Wildman–Crippen MR) is 98.2 cm³/mol. The van der Waals surface area contributed by atoms with Gasteiger partial charge in [-0.25, -0.2) is 0 Å². The highest BCUT2D eigenvalue weighted by molar-refractivity contribution is 5.96. The third-order valence-electron chi connectivity index (χ3n) is 5.16. The van der Waals surface area contributed by atoms with Crippen LogP contribution in [0.5, 0.6) is 0 Å². The summed E-state index contributed by atoms with van der Waals surface area (Å²) in [7, 11) is 0. The average molecular weight is 340 g/mol. The van der Waals surface area contributed by atoms with Crippen molar-refractivity contribution in [3.05, 3.63) is 58.7 Å². The van der Waals surface area contributed by atoms with Crippen LogP contribution in [0.15, 0.2) is 48.6 Å². The highest BCUT2D eigenvalue weighted by Gasteiger charge is 2.53. The van der Waals surface area contributed by atoms with E-state index < -0.39 is 4.92 Å². The van der Waals surface area contributed by atoms with Gasteiger partial charge in [0.1, 0.15) is 5.69 Å². The summed E-state index contributed by atoms with van der Waals surface area (Å²) in [5, 5.41) is 13.9. The lowest BCUT2D eigenvalue weighted by Gasteiger charge is -2.05. The topological polar surface area (TPSA) is 72.2 Å². The quantitative estimate of drug-likeness (QED) is 0.485. The fourth-order valence-corrected chi connectivity index (χ4v) is 3.82. The molecule has 0 aromatic heterocycles. The highest BCUT2D eigenvalue weighted by Crippen LogP contribution is 2.52. The van der Waals surface area contributed by atoms with Crippen molar-refractivity contribution in [1.29, 1.82) is 0 Å². The minimum absolute atomic E-state index is 0.0256. The number of nitro benzene ring substituents is 1. The van der Waals surface area contributed by atoms with E-state index in [-0.39, 0.29) is 17.5 Å². The zero-order chi connectivity index (χ0) is 17.6. The molecule has 5 heteroatoms. The van der Waals surface area contributed by atoms with E-state index in [4.69, 9.17) is 0 Å². The Kier molecular flexibility index (Phi) is 5.64. The maximum atomic E-state index is 12.7. The molecular formula is C20H24N2O3. The molecule has 1 saturated carbocycles. The molecule has 1 amide bonds. The summed E-state index contributed by atoms with van der Waals surface area (Å²) in [6.45, 7) is 0. The number of fused-ring (bicyclic) bond motifs is 1. The van der Waals surface area contributed by atoms with Gasteiger partial charge in [0.2, 0.25) is 5.91 Å². The van der Waals surface area contributed by atoms with Crippen molar-refractivity contribution in [3.8, 4) is 0 Å². The van der Waals surface area contributed by atoms with Crippen molar-refractivity contribution in [2.45, 2.75) is 38.5 Å². The number of hydrogen-bond donors (Lipinski definition) is 1. The van der Waals surface area contributed by atoms with E-state index in [9.17, 15) is 14.9 Å². The van der Waals surface area contributed by atoms with Crippen LogP contribution in [-0.2, 0) is 4.79 Å². The maximum Gasteiger partial charge on any atom is 0.292 e. The third kappa shape index (κ3) is 4.35. The van der Waals surface area contributed by atoms with Gasteiger partial charge in [0.15, 0.2) is 0 Å². The molecule has 1 N–H and O–H groups in total. The van der Waals surface area contributed by atoms with Gasteiger partial charge in [-0.05, 0) is 56.4 Å². The summed E-state index contributed by atoms with van der Waals surface area (Å²) in [6.07, 6.45) is 15.0. The Morgan fingerprint density at radius 1 is 0.960 bits per heavy atom. The Morgan fingerprint density at radius 2 is 1.52 bits per heavy atom. The van der Waals surface area contributed by atoms with Crippen molar-refractivity contribution in [1.82, 2.24) is 0 Å². The van der Waals surface area contributed by atoms with Gasteiger partial charge in [-0.2, -0.15) is 0 Å². The molecule has 0 spiro atoms. The number of carbonyl (C=O) groups excluding carboxylic acids is 1. The number of nitrogens with zero attached hydrogens (tertiary/aromatic N) is 1. The van der Waals surface area contributed by atoms with Gasteiger partial charge in [-0.3, -0.25) is 14.9 Å². The molecule has 1 unspecified atom stereocenters. The summed E-state index contributed by atoms with van der Waals surface area (Å²) >= 11 is 0. The monoisotopic (exact) mass is 340 g/mol. The van der Waals surface area contributed by atoms with Crippen molar-refractivity contribution >= 4 is 17.3 Å². The summed E-state index contributed by atoms with van der Waals surface area (Å²) in [4.78, 5) is 23.3. The smallest absolute Gasteiger partial charge is 0.292 e. The Labute approximate surface area is 148 Å². The molecule has 1 aromatic carbocycles. The summed E-state index contributed by atoms with van der Waals surface area (Å²) in [6, 6.07) is 6.32. The van der Waals surface area contributed by atoms with E-state index in [1.807, 2.05) is 0 Å². The molecular weight excluding hydrogens is 316 g/mol. The number of rotatable bonds is 3. The largest absolute Gasteiger partial charge is 0.320 e. The van der Waals surface area contributed by atoms with E-state index in [1.165, 1.54) is 6.07 Å². The summed E-state index contributed by atoms with van der Waals surface area (Å²) < 4.78 is 0. The number of nitro groups is 1. The number of para-hydroxylation sites is 2. The molecule has 5 nitrogen and oxygen atoms in total. The highest BCUT2D eigenvalue weighted by atomic mass is 16.6. The minimum Gasteiger partial charge on any atom is -0.320 e. The standard InChI is InChI=1S/C20H24N2O3/c23-20(21-17-13-9-10-14-18(17)22(24)25)19-15-11-7-5-3-1-2-4-6-8-12-16(15)19/h3-6,9-10,13-16,19H,1-2,7-8,11-12H2,(H,21,23)/b5-3-,6-4-/t15-,16+,19?. The number of hydrogen-bond acceptors (Lipinski definition) is 3. The van der Waals surface area contributed by atoms with Crippen LogP contribution in [-0.4, -0.2) is 10.8 Å². The molecule has 3 atom stereocenters. The van der Waals surface area contributed by atoms with E-state index >= 15 is 0 Å². The number of nitrogens with one attached hydrogen (secondary N) is 1. The van der Waals surface area contributed by atoms with Gasteiger partial charge in [0.05, 0.1) is 4.92 Å². The summed E-state index contributed by atoms with van der Waals surface area (Å²) in [5.74, 6) is 0.676. The van der Waals surface area contributed by atoms with Gasteiger partial charge in [-0.15, -0.1) is 0 Å². The molecule has 0 bridgehead atoms. The molecule has 0 aliphatic heterocycles. The molecule has 0 heterocycles. The van der Waals surface area contributed by atoms with Crippen molar-refractivity contribution in [2.75, 3.05) is 5.32 Å². The Morgan fingerprint density at radius 3 is 2.12 bits per heavy atom. The second-order valence-electron chi connectivity index (χ2n) is 6.79. The van der Waals surface area contributed by atoms with E-state index in [2.05, 4.69) is 29.6 Å². The van der Waals surface area contributed by atoms with E-state index in [0.717, 1.165) is 38.5 Å². The number of anilines is 1. The van der Waals surface area contributed by atoms with Crippen LogP contribution in [0.2, 0.25) is 0 Å². The summed E-state index contributed by atoms with van der Waals surface area (Å²) in [5.41, 5.74) is 0.237. The zero-order valence-corrected chi connectivity index (χ0v) is 14.3. The van der Waals surface area contributed by atoms with Crippen LogP contribution in [0.25, 0.3) is 0 Å². The SMILES string of the molecule is O=C(Nc1ccccc1[N+](=O)[O-])C1[C@H]2CC/C=C\CC/C=C\CC[C@@H]12. The van der Waals surface area contributed by atoms with E-state index in [0.29, 0.717) is 17.5 Å². The number of allylic oxidation sites excluding steroid dienone is 4.